The highest BCUT2D eigenvalue weighted by atomic mass is 35.5. The lowest BCUT2D eigenvalue weighted by Gasteiger charge is -2.05. The number of aryl methyl sites for hydroxylation is 2. The molecule has 0 radical (unpaired) electrons. The highest BCUT2D eigenvalue weighted by Gasteiger charge is 2.18. The number of hydrogen-bond donors (Lipinski definition) is 1. The van der Waals surface area contributed by atoms with Crippen molar-refractivity contribution in [3.63, 3.8) is 0 Å². The molecule has 0 aliphatic heterocycles. The van der Waals surface area contributed by atoms with Crippen molar-refractivity contribution in [1.29, 1.82) is 0 Å². The second kappa shape index (κ2) is 7.77. The first-order valence-corrected chi connectivity index (χ1v) is 9.01. The van der Waals surface area contributed by atoms with Gasteiger partial charge in [0.05, 0.1) is 5.02 Å². The number of thiophene rings is 1. The Morgan fingerprint density at radius 2 is 2.08 bits per heavy atom. The molecule has 0 spiro atoms. The highest BCUT2D eigenvalue weighted by Crippen LogP contribution is 2.29. The molecule has 0 bridgehead atoms. The first-order chi connectivity index (χ1) is 11.6. The maximum atomic E-state index is 12.1. The lowest BCUT2D eigenvalue weighted by atomic mass is 10.1. The van der Waals surface area contributed by atoms with Crippen LogP contribution in [0.1, 0.15) is 39.4 Å². The van der Waals surface area contributed by atoms with E-state index in [-0.39, 0.29) is 6.61 Å². The van der Waals surface area contributed by atoms with E-state index in [1.165, 1.54) is 40.8 Å². The molecule has 0 saturated heterocycles. The standard InChI is InChI=1S/C17H17ClN2O3S/c18-12-6-7-15(19-9-12)20-16(21)10-23-17(22)14-8-11-4-2-1-3-5-13(11)24-14/h6-9H,1-5,10H2,(H,19,20,21). The van der Waals surface area contributed by atoms with Crippen LogP contribution in [0.2, 0.25) is 5.02 Å². The summed E-state index contributed by atoms with van der Waals surface area (Å²) < 4.78 is 5.10. The van der Waals surface area contributed by atoms with Crippen molar-refractivity contribution in [3.05, 3.63) is 44.7 Å². The molecular weight excluding hydrogens is 348 g/mol. The minimum atomic E-state index is -0.452. The van der Waals surface area contributed by atoms with Crippen LogP contribution in [0.25, 0.3) is 0 Å². The van der Waals surface area contributed by atoms with E-state index in [2.05, 4.69) is 10.3 Å². The fourth-order valence-corrected chi connectivity index (χ4v) is 3.86. The highest BCUT2D eigenvalue weighted by molar-refractivity contribution is 7.14. The van der Waals surface area contributed by atoms with Gasteiger partial charge >= 0.3 is 5.97 Å². The average Bonchev–Trinajstić information content (AvgIpc) is 2.86. The van der Waals surface area contributed by atoms with Crippen molar-refractivity contribution < 1.29 is 14.3 Å². The Balaban J connectivity index is 1.53. The SMILES string of the molecule is O=C(COC(=O)c1cc2c(s1)CCCCC2)Nc1ccc(Cl)cn1. The van der Waals surface area contributed by atoms with Gasteiger partial charge in [0.15, 0.2) is 6.61 Å². The molecule has 126 valence electrons. The van der Waals surface area contributed by atoms with Crippen LogP contribution in [0.5, 0.6) is 0 Å². The van der Waals surface area contributed by atoms with Crippen molar-refractivity contribution in [2.75, 3.05) is 11.9 Å². The number of nitrogens with zero attached hydrogens (tertiary/aromatic N) is 1. The van der Waals surface area contributed by atoms with E-state index in [4.69, 9.17) is 16.3 Å². The number of nitrogens with one attached hydrogen (secondary N) is 1. The van der Waals surface area contributed by atoms with Gasteiger partial charge in [-0.05, 0) is 49.4 Å². The number of carbonyl (C=O) groups excluding carboxylic acids is 2. The van der Waals surface area contributed by atoms with E-state index in [1.807, 2.05) is 6.07 Å². The molecule has 0 unspecified atom stereocenters. The molecule has 24 heavy (non-hydrogen) atoms. The van der Waals surface area contributed by atoms with Crippen LogP contribution < -0.4 is 5.32 Å². The van der Waals surface area contributed by atoms with Crippen LogP contribution in [0.4, 0.5) is 5.82 Å². The molecule has 1 N–H and O–H groups in total. The van der Waals surface area contributed by atoms with Crippen LogP contribution >= 0.6 is 22.9 Å². The number of anilines is 1. The summed E-state index contributed by atoms with van der Waals surface area (Å²) in [4.78, 5) is 29.7. The molecule has 7 heteroatoms. The van der Waals surface area contributed by atoms with E-state index < -0.39 is 11.9 Å². The van der Waals surface area contributed by atoms with Gasteiger partial charge in [-0.15, -0.1) is 11.3 Å². The van der Waals surface area contributed by atoms with Gasteiger partial charge < -0.3 is 10.1 Å². The number of hydrogen-bond acceptors (Lipinski definition) is 5. The lowest BCUT2D eigenvalue weighted by molar-refractivity contribution is -0.119. The third kappa shape index (κ3) is 4.33. The summed E-state index contributed by atoms with van der Waals surface area (Å²) in [6, 6.07) is 5.11. The maximum absolute atomic E-state index is 12.1. The zero-order valence-corrected chi connectivity index (χ0v) is 14.6. The summed E-state index contributed by atoms with van der Waals surface area (Å²) in [6.07, 6.45) is 7.03. The number of pyridine rings is 1. The Kier molecular flexibility index (Phi) is 5.48. The monoisotopic (exact) mass is 364 g/mol. The molecule has 0 atom stereocenters. The summed E-state index contributed by atoms with van der Waals surface area (Å²) in [7, 11) is 0. The summed E-state index contributed by atoms with van der Waals surface area (Å²) >= 11 is 7.21. The second-order valence-corrected chi connectivity index (χ2v) is 7.18. The predicted molar refractivity (Wildman–Crippen MR) is 93.7 cm³/mol. The first kappa shape index (κ1) is 16.9. The number of carbonyl (C=O) groups is 2. The Labute approximate surface area is 149 Å². The lowest BCUT2D eigenvalue weighted by Crippen LogP contribution is -2.21. The van der Waals surface area contributed by atoms with Crippen LogP contribution in [0.15, 0.2) is 24.4 Å². The molecule has 0 saturated carbocycles. The van der Waals surface area contributed by atoms with Crippen LogP contribution in [0, 0.1) is 0 Å². The minimum Gasteiger partial charge on any atom is -0.451 e. The van der Waals surface area contributed by atoms with Gasteiger partial charge in [0.1, 0.15) is 10.7 Å². The summed E-state index contributed by atoms with van der Waals surface area (Å²) in [6.45, 7) is -0.342. The molecule has 0 fully saturated rings. The Morgan fingerprint density at radius 3 is 2.88 bits per heavy atom. The van der Waals surface area contributed by atoms with E-state index in [1.54, 1.807) is 12.1 Å². The van der Waals surface area contributed by atoms with Crippen LogP contribution in [-0.4, -0.2) is 23.5 Å². The molecule has 2 aromatic rings. The number of aromatic nitrogens is 1. The Hall–Kier alpha value is -1.92. The number of ether oxygens (including phenoxy) is 1. The van der Waals surface area contributed by atoms with Gasteiger partial charge in [-0.1, -0.05) is 18.0 Å². The van der Waals surface area contributed by atoms with Crippen LogP contribution in [-0.2, 0) is 22.4 Å². The fraction of sp³-hybridized carbons (Fsp3) is 0.353. The van der Waals surface area contributed by atoms with Gasteiger partial charge in [-0.3, -0.25) is 4.79 Å². The number of rotatable bonds is 4. The second-order valence-electron chi connectivity index (χ2n) is 5.61. The zero-order valence-electron chi connectivity index (χ0n) is 13.0. The zero-order chi connectivity index (χ0) is 16.9. The number of esters is 1. The van der Waals surface area contributed by atoms with E-state index in [9.17, 15) is 9.59 Å². The van der Waals surface area contributed by atoms with Gasteiger partial charge in [-0.2, -0.15) is 0 Å². The fourth-order valence-electron chi connectivity index (χ4n) is 2.60. The summed E-state index contributed by atoms with van der Waals surface area (Å²) in [5.74, 6) is -0.521. The van der Waals surface area contributed by atoms with Crippen molar-refractivity contribution >= 4 is 40.6 Å². The molecule has 1 aliphatic rings. The van der Waals surface area contributed by atoms with E-state index >= 15 is 0 Å². The molecule has 2 aromatic heterocycles. The van der Waals surface area contributed by atoms with Gasteiger partial charge in [0.25, 0.3) is 5.91 Å². The molecule has 1 aliphatic carbocycles. The first-order valence-electron chi connectivity index (χ1n) is 7.82. The number of fused-ring (bicyclic) bond motifs is 1. The molecular formula is C17H17ClN2O3S. The minimum absolute atomic E-state index is 0.342. The number of halogens is 1. The van der Waals surface area contributed by atoms with Crippen LogP contribution in [0.3, 0.4) is 0 Å². The third-order valence-electron chi connectivity index (χ3n) is 3.78. The van der Waals surface area contributed by atoms with E-state index in [0.29, 0.717) is 15.7 Å². The van der Waals surface area contributed by atoms with Crippen molar-refractivity contribution in [1.82, 2.24) is 4.98 Å². The normalized spacial score (nSPS) is 13.7. The molecule has 2 heterocycles. The van der Waals surface area contributed by atoms with Gasteiger partial charge in [0.2, 0.25) is 0 Å². The van der Waals surface area contributed by atoms with Gasteiger partial charge in [0, 0.05) is 11.1 Å². The molecule has 0 aromatic carbocycles. The van der Waals surface area contributed by atoms with Gasteiger partial charge in [-0.25, -0.2) is 9.78 Å². The van der Waals surface area contributed by atoms with Crippen molar-refractivity contribution in [2.24, 2.45) is 0 Å². The third-order valence-corrected chi connectivity index (χ3v) is 5.22. The smallest absolute Gasteiger partial charge is 0.348 e. The molecule has 3 rings (SSSR count). The topological polar surface area (TPSA) is 68.3 Å². The summed E-state index contributed by atoms with van der Waals surface area (Å²) in [5, 5.41) is 3.03. The Bertz CT molecular complexity index is 719. The largest absolute Gasteiger partial charge is 0.451 e. The average molecular weight is 365 g/mol. The number of amides is 1. The molecule has 5 nitrogen and oxygen atoms in total. The summed E-state index contributed by atoms with van der Waals surface area (Å²) in [5.41, 5.74) is 1.25. The Morgan fingerprint density at radius 1 is 1.25 bits per heavy atom. The van der Waals surface area contributed by atoms with Crippen molar-refractivity contribution in [3.8, 4) is 0 Å². The van der Waals surface area contributed by atoms with Crippen molar-refractivity contribution in [2.45, 2.75) is 32.1 Å². The molecule has 1 amide bonds. The quantitative estimate of drug-likeness (QED) is 0.660. The maximum Gasteiger partial charge on any atom is 0.348 e. The van der Waals surface area contributed by atoms with E-state index in [0.717, 1.165) is 19.3 Å². The predicted octanol–water partition coefficient (Wildman–Crippen LogP) is 3.86.